The number of hydrogen-bond donors (Lipinski definition) is 3. The Morgan fingerprint density at radius 2 is 2.06 bits per heavy atom. The molecular formula is C24H37N5O3S. The summed E-state index contributed by atoms with van der Waals surface area (Å²) in [5.41, 5.74) is 2.02. The van der Waals surface area contributed by atoms with Gasteiger partial charge in [0.15, 0.2) is 16.6 Å². The Morgan fingerprint density at radius 3 is 2.76 bits per heavy atom. The number of aliphatic hydroxyl groups excluding tert-OH is 1. The summed E-state index contributed by atoms with van der Waals surface area (Å²) in [5.74, 6) is 2.11. The molecule has 1 aromatic carbocycles. The number of aromatic nitrogens is 2. The van der Waals surface area contributed by atoms with Crippen LogP contribution in [0.15, 0.2) is 30.7 Å². The number of thiocarbonyl (C=S) groups is 1. The number of piperidine rings is 1. The van der Waals surface area contributed by atoms with Crippen molar-refractivity contribution >= 4 is 23.0 Å². The van der Waals surface area contributed by atoms with Gasteiger partial charge in [-0.15, -0.1) is 0 Å². The maximum Gasteiger partial charge on any atom is 0.170 e. The van der Waals surface area contributed by atoms with E-state index in [-0.39, 0.29) is 6.61 Å². The largest absolute Gasteiger partial charge is 0.493 e. The van der Waals surface area contributed by atoms with Crippen molar-refractivity contribution in [2.45, 2.75) is 39.2 Å². The van der Waals surface area contributed by atoms with Crippen molar-refractivity contribution in [2.24, 2.45) is 5.92 Å². The van der Waals surface area contributed by atoms with E-state index in [0.29, 0.717) is 23.4 Å². The predicted molar refractivity (Wildman–Crippen MR) is 135 cm³/mol. The Labute approximate surface area is 202 Å². The minimum Gasteiger partial charge on any atom is -0.493 e. The van der Waals surface area contributed by atoms with Crippen LogP contribution in [0.5, 0.6) is 11.5 Å². The first-order chi connectivity index (χ1) is 16.1. The van der Waals surface area contributed by atoms with Crippen molar-refractivity contribution in [3.8, 4) is 11.5 Å². The quantitative estimate of drug-likeness (QED) is 0.319. The molecule has 2 heterocycles. The predicted octanol–water partition coefficient (Wildman–Crippen LogP) is 3.05. The first-order valence-electron chi connectivity index (χ1n) is 11.7. The number of methoxy groups -OCH3 is 1. The molecule has 1 aliphatic rings. The lowest BCUT2D eigenvalue weighted by Crippen LogP contribution is -2.35. The lowest BCUT2D eigenvalue weighted by atomic mass is 9.94. The summed E-state index contributed by atoms with van der Waals surface area (Å²) in [5, 5.41) is 16.1. The highest BCUT2D eigenvalue weighted by molar-refractivity contribution is 7.80. The molecule has 0 radical (unpaired) electrons. The van der Waals surface area contributed by atoms with Gasteiger partial charge >= 0.3 is 0 Å². The van der Waals surface area contributed by atoms with Crippen LogP contribution < -0.4 is 20.1 Å². The van der Waals surface area contributed by atoms with Gasteiger partial charge in [0.25, 0.3) is 0 Å². The van der Waals surface area contributed by atoms with Gasteiger partial charge in [-0.25, -0.2) is 4.98 Å². The van der Waals surface area contributed by atoms with Crippen LogP contribution in [0.3, 0.4) is 0 Å². The van der Waals surface area contributed by atoms with Gasteiger partial charge in [0.2, 0.25) is 0 Å². The van der Waals surface area contributed by atoms with Crippen LogP contribution in [0.4, 0.5) is 5.69 Å². The second-order valence-corrected chi connectivity index (χ2v) is 8.88. The van der Waals surface area contributed by atoms with Gasteiger partial charge in [-0.1, -0.05) is 0 Å². The van der Waals surface area contributed by atoms with Crippen molar-refractivity contribution in [1.82, 2.24) is 19.8 Å². The molecule has 9 heteroatoms. The lowest BCUT2D eigenvalue weighted by molar-refractivity contribution is 0.136. The minimum absolute atomic E-state index is 0.241. The number of aliphatic hydroxyl groups is 1. The number of aryl methyl sites for hydroxylation is 2. The number of β-amino-alcohol motifs (C(OH)–C–C–N with tert-alkyl or cyclic N) is 1. The molecule has 3 rings (SSSR count). The first-order valence-corrected chi connectivity index (χ1v) is 12.2. The van der Waals surface area contributed by atoms with Crippen molar-refractivity contribution in [3.05, 3.63) is 36.4 Å². The number of ether oxygens (including phenoxy) is 2. The maximum atomic E-state index is 9.07. The van der Waals surface area contributed by atoms with E-state index in [1.165, 1.54) is 0 Å². The molecule has 33 heavy (non-hydrogen) atoms. The van der Waals surface area contributed by atoms with E-state index in [9.17, 15) is 0 Å². The summed E-state index contributed by atoms with van der Waals surface area (Å²) >= 11 is 5.42. The van der Waals surface area contributed by atoms with Crippen LogP contribution >= 0.6 is 12.2 Å². The summed E-state index contributed by atoms with van der Waals surface area (Å²) in [6.45, 7) is 7.55. The van der Waals surface area contributed by atoms with Crippen LogP contribution in [0.1, 0.15) is 31.4 Å². The van der Waals surface area contributed by atoms with Gasteiger partial charge in [0, 0.05) is 43.3 Å². The van der Waals surface area contributed by atoms with Gasteiger partial charge < -0.3 is 34.7 Å². The number of imidazole rings is 1. The Balaban J connectivity index is 1.37. The molecule has 0 bridgehead atoms. The van der Waals surface area contributed by atoms with E-state index in [2.05, 4.69) is 32.0 Å². The second-order valence-electron chi connectivity index (χ2n) is 8.47. The molecule has 182 valence electrons. The van der Waals surface area contributed by atoms with E-state index in [1.54, 1.807) is 7.11 Å². The summed E-state index contributed by atoms with van der Waals surface area (Å²) in [4.78, 5) is 6.46. The van der Waals surface area contributed by atoms with E-state index in [4.69, 9.17) is 26.8 Å². The van der Waals surface area contributed by atoms with Gasteiger partial charge in [-0.3, -0.25) is 0 Å². The summed E-state index contributed by atoms with van der Waals surface area (Å²) in [6, 6.07) is 5.79. The zero-order chi connectivity index (χ0) is 23.5. The van der Waals surface area contributed by atoms with Gasteiger partial charge in [-0.05, 0) is 76.0 Å². The molecule has 1 aromatic heterocycles. The normalized spacial score (nSPS) is 14.8. The molecule has 1 aliphatic heterocycles. The zero-order valence-corrected chi connectivity index (χ0v) is 20.6. The van der Waals surface area contributed by atoms with Crippen molar-refractivity contribution in [1.29, 1.82) is 0 Å². The molecule has 0 spiro atoms. The fraction of sp³-hybridized carbons (Fsp3) is 0.583. The molecule has 0 aliphatic carbocycles. The van der Waals surface area contributed by atoms with E-state index < -0.39 is 0 Å². The van der Waals surface area contributed by atoms with Crippen molar-refractivity contribution in [3.63, 3.8) is 0 Å². The van der Waals surface area contributed by atoms with Gasteiger partial charge in [-0.2, -0.15) is 0 Å². The van der Waals surface area contributed by atoms with Crippen molar-refractivity contribution < 1.29 is 14.6 Å². The molecule has 0 saturated carbocycles. The molecule has 2 aromatic rings. The van der Waals surface area contributed by atoms with E-state index in [0.717, 1.165) is 75.5 Å². The third kappa shape index (κ3) is 8.17. The molecule has 0 unspecified atom stereocenters. The summed E-state index contributed by atoms with van der Waals surface area (Å²) < 4.78 is 13.7. The highest BCUT2D eigenvalue weighted by atomic mass is 32.1. The third-order valence-corrected chi connectivity index (χ3v) is 6.36. The molecule has 8 nitrogen and oxygen atoms in total. The minimum atomic E-state index is 0.241. The van der Waals surface area contributed by atoms with Crippen LogP contribution in [-0.4, -0.2) is 71.2 Å². The Hall–Kier alpha value is -2.36. The highest BCUT2D eigenvalue weighted by Gasteiger charge is 2.19. The number of nitrogens with one attached hydrogen (secondary N) is 2. The topological polar surface area (TPSA) is 83.8 Å². The number of nitrogens with zero attached hydrogens (tertiary/aromatic N) is 3. The lowest BCUT2D eigenvalue weighted by Gasteiger charge is -2.31. The molecule has 3 N–H and O–H groups in total. The average Bonchev–Trinajstić information content (AvgIpc) is 3.23. The third-order valence-electron chi connectivity index (χ3n) is 6.11. The van der Waals surface area contributed by atoms with Gasteiger partial charge in [0.05, 0.1) is 26.7 Å². The molecule has 0 amide bonds. The average molecular weight is 476 g/mol. The molecule has 1 fully saturated rings. The molecule has 0 atom stereocenters. The number of rotatable bonds is 12. The molecule has 1 saturated heterocycles. The first kappa shape index (κ1) is 25.3. The number of hydrogen-bond acceptors (Lipinski definition) is 6. The van der Waals surface area contributed by atoms with Gasteiger partial charge in [0.1, 0.15) is 0 Å². The fourth-order valence-electron chi connectivity index (χ4n) is 4.09. The fourth-order valence-corrected chi connectivity index (χ4v) is 4.31. The molecular weight excluding hydrogens is 438 g/mol. The smallest absolute Gasteiger partial charge is 0.170 e. The number of benzene rings is 1. The van der Waals surface area contributed by atoms with Crippen LogP contribution in [0.25, 0.3) is 0 Å². The number of likely N-dealkylation sites (tertiary alicyclic amines) is 1. The summed E-state index contributed by atoms with van der Waals surface area (Å²) in [6.07, 6.45) is 8.02. The summed E-state index contributed by atoms with van der Waals surface area (Å²) in [7, 11) is 1.65. The second kappa shape index (κ2) is 13.4. The Morgan fingerprint density at radius 1 is 1.24 bits per heavy atom. The Kier molecular flexibility index (Phi) is 10.2. The highest BCUT2D eigenvalue weighted by Crippen LogP contribution is 2.31. The SMILES string of the molecule is COc1cc(NC(=S)NCCCn2cncc2C)ccc1OCCC1CCN(CCO)CC1. The standard InChI is InChI=1S/C24H37N5O3S/c1-19-17-25-18-29(19)10-3-9-26-24(33)27-21-4-5-22(23(16-21)31-2)32-15-8-20-6-11-28(12-7-20)13-14-30/h4-5,16-18,20,30H,3,6-15H2,1-2H3,(H2,26,27,33). The Bertz CT molecular complexity index is 868. The van der Waals surface area contributed by atoms with Crippen LogP contribution in [-0.2, 0) is 6.54 Å². The van der Waals surface area contributed by atoms with E-state index in [1.807, 2.05) is 30.7 Å². The zero-order valence-electron chi connectivity index (χ0n) is 19.8. The van der Waals surface area contributed by atoms with Crippen LogP contribution in [0, 0.1) is 12.8 Å². The number of anilines is 1. The van der Waals surface area contributed by atoms with E-state index >= 15 is 0 Å². The monoisotopic (exact) mass is 475 g/mol. The van der Waals surface area contributed by atoms with Crippen LogP contribution in [0.2, 0.25) is 0 Å². The maximum absolute atomic E-state index is 9.07. The van der Waals surface area contributed by atoms with Crippen molar-refractivity contribution in [2.75, 3.05) is 51.8 Å².